The van der Waals surface area contributed by atoms with Crippen LogP contribution in [-0.2, 0) is 29.5 Å². The summed E-state index contributed by atoms with van der Waals surface area (Å²) in [5.74, 6) is -2.47. The average Bonchev–Trinajstić information content (AvgIpc) is 2.63. The molecular formula is C16H24N5O6S. The maximum atomic E-state index is 12.3. The Morgan fingerprint density at radius 1 is 1.04 bits per heavy atom. The van der Waals surface area contributed by atoms with E-state index in [0.717, 1.165) is 0 Å². The average molecular weight is 414 g/mol. The highest BCUT2D eigenvalue weighted by molar-refractivity contribution is 7.89. The second-order valence-corrected chi connectivity index (χ2v) is 7.75. The van der Waals surface area contributed by atoms with Crippen molar-refractivity contribution in [3.8, 4) is 0 Å². The fraction of sp³-hybridized carbons (Fsp3) is 0.438. The van der Waals surface area contributed by atoms with Gasteiger partial charge in [-0.2, -0.15) is 0 Å². The molecule has 1 radical (unpaired) electrons. The Labute approximate surface area is 163 Å². The first-order valence-corrected chi connectivity index (χ1v) is 9.94. The number of hydrogen-bond acceptors (Lipinski definition) is 6. The first kappa shape index (κ1) is 23.5. The highest BCUT2D eigenvalue weighted by atomic mass is 32.2. The molecule has 28 heavy (non-hydrogen) atoms. The Kier molecular flexibility index (Phi) is 9.51. The summed E-state index contributed by atoms with van der Waals surface area (Å²) in [6.45, 7) is -1.60. The fourth-order valence-electron chi connectivity index (χ4n) is 2.13. The first-order chi connectivity index (χ1) is 13.1. The lowest BCUT2D eigenvalue weighted by Crippen LogP contribution is -2.45. The minimum absolute atomic E-state index is 0.146. The summed E-state index contributed by atoms with van der Waals surface area (Å²) < 4.78 is 23.3. The minimum atomic E-state index is -3.58. The van der Waals surface area contributed by atoms with Gasteiger partial charge in [0.15, 0.2) is 6.61 Å². The molecule has 1 atom stereocenters. The van der Waals surface area contributed by atoms with Crippen molar-refractivity contribution in [2.45, 2.75) is 6.04 Å². The van der Waals surface area contributed by atoms with Crippen LogP contribution in [0.3, 0.4) is 0 Å². The van der Waals surface area contributed by atoms with Crippen molar-refractivity contribution in [3.63, 3.8) is 0 Å². The summed E-state index contributed by atoms with van der Waals surface area (Å²) in [6.07, 6.45) is 0. The number of hydrazine groups is 1. The molecule has 0 aromatic heterocycles. The van der Waals surface area contributed by atoms with Crippen LogP contribution >= 0.6 is 0 Å². The predicted octanol–water partition coefficient (Wildman–Crippen LogP) is -2.10. The maximum Gasteiger partial charge on any atom is 0.250 e. The quantitative estimate of drug-likeness (QED) is 0.304. The Bertz CT molecular complexity index is 769. The molecule has 0 bridgehead atoms. The fourth-order valence-corrected chi connectivity index (χ4v) is 3.15. The van der Waals surface area contributed by atoms with Gasteiger partial charge in [0.1, 0.15) is 6.04 Å². The zero-order chi connectivity index (χ0) is 21.2. The monoisotopic (exact) mass is 414 g/mol. The second kappa shape index (κ2) is 11.3. The molecular weight excluding hydrogens is 390 g/mol. The number of carbonyl (C=O) groups is 3. The molecule has 0 aliphatic heterocycles. The molecule has 0 heterocycles. The van der Waals surface area contributed by atoms with E-state index >= 15 is 0 Å². The zero-order valence-corrected chi connectivity index (χ0v) is 16.4. The highest BCUT2D eigenvalue weighted by Gasteiger charge is 2.23. The lowest BCUT2D eigenvalue weighted by Gasteiger charge is -2.18. The van der Waals surface area contributed by atoms with Gasteiger partial charge in [-0.05, 0) is 5.56 Å². The van der Waals surface area contributed by atoms with Crippen LogP contribution in [0.2, 0.25) is 0 Å². The van der Waals surface area contributed by atoms with Gasteiger partial charge in [0.25, 0.3) is 0 Å². The van der Waals surface area contributed by atoms with Crippen molar-refractivity contribution in [2.24, 2.45) is 0 Å². The van der Waals surface area contributed by atoms with Gasteiger partial charge in [-0.25, -0.2) is 18.5 Å². The number of benzene rings is 1. The Morgan fingerprint density at radius 3 is 2.25 bits per heavy atom. The van der Waals surface area contributed by atoms with Gasteiger partial charge < -0.3 is 16.0 Å². The molecule has 11 nitrogen and oxygen atoms in total. The van der Waals surface area contributed by atoms with E-state index in [-0.39, 0.29) is 12.3 Å². The second-order valence-electron chi connectivity index (χ2n) is 5.93. The number of rotatable bonds is 11. The summed E-state index contributed by atoms with van der Waals surface area (Å²) in [4.78, 5) is 37.8. The molecule has 1 aromatic carbocycles. The third-order valence-corrected chi connectivity index (χ3v) is 4.65. The van der Waals surface area contributed by atoms with E-state index in [2.05, 4.69) is 20.8 Å². The van der Waals surface area contributed by atoms with Crippen LogP contribution < -0.4 is 20.8 Å². The third kappa shape index (κ3) is 8.90. The van der Waals surface area contributed by atoms with Crippen LogP contribution in [0.15, 0.2) is 30.3 Å². The van der Waals surface area contributed by atoms with E-state index in [1.807, 2.05) is 0 Å². The van der Waals surface area contributed by atoms with Crippen molar-refractivity contribution in [1.29, 1.82) is 0 Å². The van der Waals surface area contributed by atoms with E-state index in [1.54, 1.807) is 30.3 Å². The van der Waals surface area contributed by atoms with Crippen LogP contribution in [-0.4, -0.2) is 70.7 Å². The van der Waals surface area contributed by atoms with Crippen LogP contribution in [0.25, 0.3) is 0 Å². The molecule has 0 spiro atoms. The molecule has 3 amide bonds. The molecule has 1 aromatic rings. The van der Waals surface area contributed by atoms with Crippen molar-refractivity contribution < 1.29 is 27.9 Å². The first-order valence-electron chi connectivity index (χ1n) is 8.29. The van der Waals surface area contributed by atoms with E-state index in [4.69, 9.17) is 0 Å². The van der Waals surface area contributed by atoms with Crippen LogP contribution in [0.1, 0.15) is 11.6 Å². The number of sulfonamides is 1. The summed E-state index contributed by atoms with van der Waals surface area (Å²) in [6, 6.07) is 7.11. The number of carbonyl (C=O) groups excluding carboxylic acids is 3. The molecule has 4 N–H and O–H groups in total. The molecule has 0 fully saturated rings. The third-order valence-electron chi connectivity index (χ3n) is 3.27. The standard InChI is InChI=1S/C16H24N5O6S/c1-21(2)20-28(26,27)9-8-17-13(23)10-18-16(25)15(19-14(24)11-22)12-6-4-3-5-7-12/h3-7,15,20H,8-11H2,1-2H3,(H,17,23)(H,18,25)(H,19,24)/t15-/m1/s1. The van der Waals surface area contributed by atoms with Crippen LogP contribution in [0.5, 0.6) is 0 Å². The smallest absolute Gasteiger partial charge is 0.250 e. The van der Waals surface area contributed by atoms with E-state index < -0.39 is 46.9 Å². The lowest BCUT2D eigenvalue weighted by molar-refractivity contribution is -0.132. The molecule has 0 saturated heterocycles. The topological polar surface area (TPSA) is 157 Å². The molecule has 0 saturated carbocycles. The molecule has 12 heteroatoms. The summed E-state index contributed by atoms with van der Waals surface area (Å²) in [5.41, 5.74) is 0.447. The summed E-state index contributed by atoms with van der Waals surface area (Å²) >= 11 is 0. The van der Waals surface area contributed by atoms with E-state index in [0.29, 0.717) is 5.56 Å². The highest BCUT2D eigenvalue weighted by Crippen LogP contribution is 2.12. The lowest BCUT2D eigenvalue weighted by atomic mass is 10.1. The number of hydrogen-bond donors (Lipinski definition) is 4. The van der Waals surface area contributed by atoms with E-state index in [9.17, 15) is 27.9 Å². The van der Waals surface area contributed by atoms with Crippen molar-refractivity contribution in [1.82, 2.24) is 25.8 Å². The van der Waals surface area contributed by atoms with Crippen LogP contribution in [0.4, 0.5) is 0 Å². The number of amides is 3. The Hall–Kier alpha value is -2.54. The summed E-state index contributed by atoms with van der Waals surface area (Å²) in [5, 5.41) is 19.0. The molecule has 155 valence electrons. The zero-order valence-electron chi connectivity index (χ0n) is 15.6. The molecule has 1 rings (SSSR count). The molecule has 0 aliphatic carbocycles. The maximum absolute atomic E-state index is 12.3. The summed E-state index contributed by atoms with van der Waals surface area (Å²) in [7, 11) is -0.548. The van der Waals surface area contributed by atoms with Gasteiger partial charge in [-0.3, -0.25) is 14.4 Å². The van der Waals surface area contributed by atoms with Gasteiger partial charge in [-0.15, -0.1) is 4.83 Å². The van der Waals surface area contributed by atoms with Crippen molar-refractivity contribution in [3.05, 3.63) is 35.9 Å². The van der Waals surface area contributed by atoms with Gasteiger partial charge >= 0.3 is 0 Å². The van der Waals surface area contributed by atoms with Crippen LogP contribution in [0, 0.1) is 0 Å². The number of nitrogens with zero attached hydrogens (tertiary/aromatic N) is 1. The molecule has 0 aliphatic rings. The van der Waals surface area contributed by atoms with Gasteiger partial charge in [0.05, 0.1) is 12.3 Å². The van der Waals surface area contributed by atoms with Gasteiger partial charge in [0, 0.05) is 20.6 Å². The largest absolute Gasteiger partial charge is 0.353 e. The molecule has 0 unspecified atom stereocenters. The SMILES string of the molecule is CN(C)NS(=O)(=O)CCNC(=O)CNC(=O)[C@H](NC(=O)C[O])c1ccccc1. The Balaban J connectivity index is 2.55. The number of nitrogens with one attached hydrogen (secondary N) is 4. The van der Waals surface area contributed by atoms with Crippen molar-refractivity contribution >= 4 is 27.7 Å². The predicted molar refractivity (Wildman–Crippen MR) is 99.5 cm³/mol. The minimum Gasteiger partial charge on any atom is -0.353 e. The normalized spacial score (nSPS) is 12.3. The van der Waals surface area contributed by atoms with Crippen molar-refractivity contribution in [2.75, 3.05) is 39.5 Å². The van der Waals surface area contributed by atoms with E-state index in [1.165, 1.54) is 19.1 Å². The Morgan fingerprint density at radius 2 is 1.68 bits per heavy atom. The van der Waals surface area contributed by atoms with Gasteiger partial charge in [0.2, 0.25) is 27.7 Å². The van der Waals surface area contributed by atoms with Gasteiger partial charge in [-0.1, -0.05) is 30.3 Å².